The zero-order valence-electron chi connectivity index (χ0n) is 16.3. The first-order valence-corrected chi connectivity index (χ1v) is 9.45. The molecule has 1 amide bonds. The molecule has 146 valence electrons. The van der Waals surface area contributed by atoms with Crippen LogP contribution < -0.4 is 15.7 Å². The lowest BCUT2D eigenvalue weighted by molar-refractivity contribution is -0.116. The molecule has 0 aliphatic heterocycles. The van der Waals surface area contributed by atoms with Gasteiger partial charge in [0.2, 0.25) is 5.91 Å². The third-order valence-electron chi connectivity index (χ3n) is 5.16. The van der Waals surface area contributed by atoms with E-state index < -0.39 is 5.63 Å². The van der Waals surface area contributed by atoms with Crippen molar-refractivity contribution in [3.63, 3.8) is 0 Å². The topological polar surface area (TPSA) is 68.5 Å². The van der Waals surface area contributed by atoms with Crippen LogP contribution in [0.15, 0.2) is 69.9 Å². The molecule has 4 aromatic rings. The van der Waals surface area contributed by atoms with E-state index in [9.17, 15) is 9.59 Å². The van der Waals surface area contributed by atoms with Gasteiger partial charge in [0.05, 0.1) is 7.11 Å². The third-order valence-corrected chi connectivity index (χ3v) is 5.16. The highest BCUT2D eigenvalue weighted by Crippen LogP contribution is 2.25. The average Bonchev–Trinajstić information content (AvgIpc) is 2.73. The maximum Gasteiger partial charge on any atom is 0.339 e. The van der Waals surface area contributed by atoms with Crippen LogP contribution in [0, 0.1) is 6.92 Å². The van der Waals surface area contributed by atoms with Crippen LogP contribution in [0.2, 0.25) is 0 Å². The molecule has 5 nitrogen and oxygen atoms in total. The number of ether oxygens (including phenoxy) is 1. The smallest absolute Gasteiger partial charge is 0.339 e. The Balaban J connectivity index is 1.55. The molecule has 4 rings (SSSR count). The number of hydrogen-bond donors (Lipinski definition) is 1. The summed E-state index contributed by atoms with van der Waals surface area (Å²) in [5, 5.41) is 5.85. The Morgan fingerprint density at radius 1 is 1.03 bits per heavy atom. The lowest BCUT2D eigenvalue weighted by Crippen LogP contribution is -2.16. The number of carbonyl (C=O) groups excluding carboxylic acids is 1. The molecule has 0 aliphatic carbocycles. The van der Waals surface area contributed by atoms with E-state index in [2.05, 4.69) is 5.32 Å². The average molecular weight is 387 g/mol. The maximum atomic E-state index is 12.5. The Morgan fingerprint density at radius 3 is 2.66 bits per heavy atom. The summed E-state index contributed by atoms with van der Waals surface area (Å²) in [6.45, 7) is 1.88. The number of benzene rings is 3. The summed E-state index contributed by atoms with van der Waals surface area (Å²) in [4.78, 5) is 25.0. The molecular formula is C24H21NO4. The summed E-state index contributed by atoms with van der Waals surface area (Å²) < 4.78 is 10.6. The predicted molar refractivity (Wildman–Crippen MR) is 115 cm³/mol. The quantitative estimate of drug-likeness (QED) is 0.498. The molecule has 1 aromatic heterocycles. The summed E-state index contributed by atoms with van der Waals surface area (Å²) in [5.41, 5.74) is 2.19. The van der Waals surface area contributed by atoms with Crippen molar-refractivity contribution in [2.24, 2.45) is 0 Å². The lowest BCUT2D eigenvalue weighted by atomic mass is 10.0. The van der Waals surface area contributed by atoms with Gasteiger partial charge in [-0.25, -0.2) is 4.79 Å². The maximum absolute atomic E-state index is 12.5. The van der Waals surface area contributed by atoms with Gasteiger partial charge in [-0.2, -0.15) is 0 Å². The van der Waals surface area contributed by atoms with Crippen LogP contribution in [0.25, 0.3) is 21.7 Å². The minimum Gasteiger partial charge on any atom is -0.497 e. The largest absolute Gasteiger partial charge is 0.497 e. The molecule has 3 aromatic carbocycles. The van der Waals surface area contributed by atoms with E-state index in [-0.39, 0.29) is 12.3 Å². The van der Waals surface area contributed by atoms with Crippen molar-refractivity contribution in [3.8, 4) is 5.75 Å². The standard InChI is InChI=1S/C24H21NO4/c1-15-18-11-10-17(28-2)14-22(18)29-24(27)19(15)12-13-23(26)25-21-9-5-7-16-6-3-4-8-20(16)21/h3-11,14H,12-13H2,1-2H3,(H,25,26). The summed E-state index contributed by atoms with van der Waals surface area (Å²) >= 11 is 0. The van der Waals surface area contributed by atoms with E-state index in [1.165, 1.54) is 0 Å². The monoisotopic (exact) mass is 387 g/mol. The number of amides is 1. The molecule has 1 N–H and O–H groups in total. The van der Waals surface area contributed by atoms with E-state index in [0.29, 0.717) is 23.3 Å². The van der Waals surface area contributed by atoms with Crippen LogP contribution in [-0.4, -0.2) is 13.0 Å². The van der Waals surface area contributed by atoms with Gasteiger partial charge >= 0.3 is 5.63 Å². The van der Waals surface area contributed by atoms with Crippen LogP contribution in [-0.2, 0) is 11.2 Å². The van der Waals surface area contributed by atoms with Crippen LogP contribution in [0.1, 0.15) is 17.5 Å². The Kier molecular flexibility index (Phi) is 5.04. The SMILES string of the molecule is COc1ccc2c(C)c(CCC(=O)Nc3cccc4ccccc34)c(=O)oc2c1. The second-order valence-corrected chi connectivity index (χ2v) is 6.93. The van der Waals surface area contributed by atoms with Crippen molar-refractivity contribution in [3.05, 3.63) is 82.2 Å². The molecule has 0 bridgehead atoms. The zero-order chi connectivity index (χ0) is 20.4. The fourth-order valence-corrected chi connectivity index (χ4v) is 3.58. The molecule has 0 saturated heterocycles. The molecule has 0 radical (unpaired) electrons. The highest BCUT2D eigenvalue weighted by atomic mass is 16.5. The molecule has 1 heterocycles. The van der Waals surface area contributed by atoms with Gasteiger partial charge in [0.25, 0.3) is 0 Å². The van der Waals surface area contributed by atoms with Crippen molar-refractivity contribution in [2.75, 3.05) is 12.4 Å². The summed E-state index contributed by atoms with van der Waals surface area (Å²) in [5.74, 6) is 0.484. The fourth-order valence-electron chi connectivity index (χ4n) is 3.58. The van der Waals surface area contributed by atoms with Crippen molar-refractivity contribution in [1.82, 2.24) is 0 Å². The predicted octanol–water partition coefficient (Wildman–Crippen LogP) is 4.83. The number of hydrogen-bond acceptors (Lipinski definition) is 4. The first-order chi connectivity index (χ1) is 14.1. The number of carbonyl (C=O) groups is 1. The Bertz CT molecular complexity index is 1270. The number of nitrogens with one attached hydrogen (secondary N) is 1. The van der Waals surface area contributed by atoms with Gasteiger partial charge in [0.15, 0.2) is 0 Å². The first kappa shape index (κ1) is 18.7. The minimum atomic E-state index is -0.416. The summed E-state index contributed by atoms with van der Waals surface area (Å²) in [7, 11) is 1.56. The summed E-state index contributed by atoms with van der Waals surface area (Å²) in [6, 6.07) is 19.1. The van der Waals surface area contributed by atoms with Crippen molar-refractivity contribution in [1.29, 1.82) is 0 Å². The molecule has 29 heavy (non-hydrogen) atoms. The van der Waals surface area contributed by atoms with Gasteiger partial charge in [0, 0.05) is 34.5 Å². The highest BCUT2D eigenvalue weighted by Gasteiger charge is 2.14. The van der Waals surface area contributed by atoms with E-state index in [0.717, 1.165) is 27.4 Å². The van der Waals surface area contributed by atoms with Crippen molar-refractivity contribution < 1.29 is 13.9 Å². The Morgan fingerprint density at radius 2 is 1.83 bits per heavy atom. The van der Waals surface area contributed by atoms with E-state index >= 15 is 0 Å². The Labute approximate surface area is 167 Å². The molecule has 0 atom stereocenters. The molecule has 0 unspecified atom stereocenters. The highest BCUT2D eigenvalue weighted by molar-refractivity contribution is 6.02. The van der Waals surface area contributed by atoms with Gasteiger partial charge in [-0.3, -0.25) is 4.79 Å². The van der Waals surface area contributed by atoms with Gasteiger partial charge in [-0.1, -0.05) is 36.4 Å². The molecule has 0 spiro atoms. The van der Waals surface area contributed by atoms with Crippen molar-refractivity contribution >= 4 is 33.3 Å². The van der Waals surface area contributed by atoms with Crippen LogP contribution in [0.3, 0.4) is 0 Å². The molecule has 0 aliphatic rings. The third kappa shape index (κ3) is 3.72. The van der Waals surface area contributed by atoms with Crippen LogP contribution in [0.4, 0.5) is 5.69 Å². The van der Waals surface area contributed by atoms with Gasteiger partial charge in [0.1, 0.15) is 11.3 Å². The zero-order valence-corrected chi connectivity index (χ0v) is 16.3. The summed E-state index contributed by atoms with van der Waals surface area (Å²) in [6.07, 6.45) is 0.503. The second kappa shape index (κ2) is 7.80. The minimum absolute atomic E-state index is 0.144. The van der Waals surface area contributed by atoms with E-state index in [1.54, 1.807) is 13.2 Å². The lowest BCUT2D eigenvalue weighted by Gasteiger charge is -2.10. The van der Waals surface area contributed by atoms with Gasteiger partial charge in [-0.15, -0.1) is 0 Å². The van der Waals surface area contributed by atoms with Crippen LogP contribution >= 0.6 is 0 Å². The van der Waals surface area contributed by atoms with Crippen LogP contribution in [0.5, 0.6) is 5.75 Å². The van der Waals surface area contributed by atoms with E-state index in [1.807, 2.05) is 61.5 Å². The number of aryl methyl sites for hydroxylation is 1. The first-order valence-electron chi connectivity index (χ1n) is 9.45. The normalized spacial score (nSPS) is 11.0. The number of fused-ring (bicyclic) bond motifs is 2. The van der Waals surface area contributed by atoms with Crippen molar-refractivity contribution in [2.45, 2.75) is 19.8 Å². The van der Waals surface area contributed by atoms with E-state index in [4.69, 9.17) is 9.15 Å². The molecule has 5 heteroatoms. The molecule has 0 saturated carbocycles. The fraction of sp³-hybridized carbons (Fsp3) is 0.167. The Hall–Kier alpha value is -3.60. The number of rotatable bonds is 5. The molecular weight excluding hydrogens is 366 g/mol. The van der Waals surface area contributed by atoms with Gasteiger partial charge in [-0.05, 0) is 42.5 Å². The second-order valence-electron chi connectivity index (χ2n) is 6.93. The molecule has 0 fully saturated rings. The number of methoxy groups -OCH3 is 1. The van der Waals surface area contributed by atoms with Gasteiger partial charge < -0.3 is 14.5 Å². The number of anilines is 1.